The third-order valence-electron chi connectivity index (χ3n) is 5.36. The Morgan fingerprint density at radius 2 is 1.62 bits per heavy atom. The molecule has 1 aliphatic carbocycles. The van der Waals surface area contributed by atoms with Crippen LogP contribution in [0, 0.1) is 5.41 Å². The summed E-state index contributed by atoms with van der Waals surface area (Å²) in [6.45, 7) is 2.27. The van der Waals surface area contributed by atoms with E-state index in [1.165, 1.54) is 68.9 Å². The molecular formula is C21H35N3. The Hall–Kier alpha value is -1.51. The molecule has 0 aromatic heterocycles. The number of guanidine groups is 1. The lowest BCUT2D eigenvalue weighted by molar-refractivity contribution is 0.372. The predicted molar refractivity (Wildman–Crippen MR) is 104 cm³/mol. The number of nitrogens with one attached hydrogen (secondary N) is 2. The quantitative estimate of drug-likeness (QED) is 0.335. The zero-order valence-corrected chi connectivity index (χ0v) is 15.3. The minimum Gasteiger partial charge on any atom is -0.370 e. The lowest BCUT2D eigenvalue weighted by Gasteiger charge is -2.29. The number of nitrogens with two attached hydrogens (primary N) is 1. The van der Waals surface area contributed by atoms with Gasteiger partial charge in [0.25, 0.3) is 0 Å². The van der Waals surface area contributed by atoms with Crippen LogP contribution < -0.4 is 11.1 Å². The molecule has 134 valence electrons. The van der Waals surface area contributed by atoms with E-state index >= 15 is 0 Å². The van der Waals surface area contributed by atoms with Crippen molar-refractivity contribution in [3.63, 3.8) is 0 Å². The maximum absolute atomic E-state index is 7.34. The highest BCUT2D eigenvalue weighted by Crippen LogP contribution is 2.33. The summed E-state index contributed by atoms with van der Waals surface area (Å²) >= 11 is 0. The Morgan fingerprint density at radius 1 is 1.00 bits per heavy atom. The van der Waals surface area contributed by atoms with Gasteiger partial charge in [0, 0.05) is 6.04 Å². The molecule has 1 fully saturated rings. The Balaban J connectivity index is 1.69. The van der Waals surface area contributed by atoms with Crippen molar-refractivity contribution in [2.45, 2.75) is 89.5 Å². The van der Waals surface area contributed by atoms with Gasteiger partial charge < -0.3 is 11.1 Å². The molecule has 0 unspecified atom stereocenters. The van der Waals surface area contributed by atoms with Gasteiger partial charge in [-0.3, -0.25) is 5.41 Å². The molecule has 0 amide bonds. The molecule has 1 aromatic carbocycles. The van der Waals surface area contributed by atoms with Crippen LogP contribution in [0.1, 0.15) is 88.2 Å². The summed E-state index contributed by atoms with van der Waals surface area (Å²) in [7, 11) is 0. The summed E-state index contributed by atoms with van der Waals surface area (Å²) in [5.41, 5.74) is 8.41. The summed E-state index contributed by atoms with van der Waals surface area (Å²) < 4.78 is 0. The number of hydrogen-bond donors (Lipinski definition) is 3. The minimum atomic E-state index is 0.109. The third kappa shape index (κ3) is 6.54. The van der Waals surface area contributed by atoms with Crippen LogP contribution in [0.15, 0.2) is 24.3 Å². The van der Waals surface area contributed by atoms with Crippen LogP contribution in [0.5, 0.6) is 0 Å². The van der Waals surface area contributed by atoms with Crippen LogP contribution in [0.2, 0.25) is 0 Å². The molecular weight excluding hydrogens is 294 g/mol. The van der Waals surface area contributed by atoms with Crippen LogP contribution in [0.25, 0.3) is 0 Å². The number of unbranched alkanes of at least 4 members (excludes halogenated alkanes) is 5. The largest absolute Gasteiger partial charge is 0.370 e. The van der Waals surface area contributed by atoms with Gasteiger partial charge in [-0.05, 0) is 55.6 Å². The van der Waals surface area contributed by atoms with Crippen molar-refractivity contribution in [2.75, 3.05) is 0 Å². The molecule has 0 saturated heterocycles. The van der Waals surface area contributed by atoms with E-state index in [2.05, 4.69) is 36.5 Å². The lowest BCUT2D eigenvalue weighted by Crippen LogP contribution is -2.41. The molecule has 0 bridgehead atoms. The van der Waals surface area contributed by atoms with E-state index in [4.69, 9.17) is 11.1 Å². The smallest absolute Gasteiger partial charge is 0.185 e. The molecule has 4 N–H and O–H groups in total. The van der Waals surface area contributed by atoms with Crippen LogP contribution in [0.4, 0.5) is 0 Å². The maximum atomic E-state index is 7.34. The first-order chi connectivity index (χ1) is 11.7. The SMILES string of the molecule is CCCCCCCCc1ccc([C@H]2CC[C@@H](NC(=N)N)CC2)cc1. The van der Waals surface area contributed by atoms with Crippen LogP contribution in [-0.2, 0) is 6.42 Å². The number of rotatable bonds is 9. The van der Waals surface area contributed by atoms with Crippen molar-refractivity contribution in [1.82, 2.24) is 5.32 Å². The fraction of sp³-hybridized carbons (Fsp3) is 0.667. The summed E-state index contributed by atoms with van der Waals surface area (Å²) in [6.07, 6.45) is 14.0. The second-order valence-electron chi connectivity index (χ2n) is 7.37. The van der Waals surface area contributed by atoms with Gasteiger partial charge in [0.2, 0.25) is 0 Å². The predicted octanol–water partition coefficient (Wildman–Crippen LogP) is 5.10. The van der Waals surface area contributed by atoms with E-state index in [0.29, 0.717) is 12.0 Å². The molecule has 0 heterocycles. The van der Waals surface area contributed by atoms with Gasteiger partial charge in [-0.15, -0.1) is 0 Å². The second-order valence-corrected chi connectivity index (χ2v) is 7.37. The van der Waals surface area contributed by atoms with Crippen LogP contribution in [0.3, 0.4) is 0 Å². The van der Waals surface area contributed by atoms with E-state index < -0.39 is 0 Å². The highest BCUT2D eigenvalue weighted by atomic mass is 15.1. The van der Waals surface area contributed by atoms with E-state index in [1.807, 2.05) is 0 Å². The number of benzene rings is 1. The Kier molecular flexibility index (Phi) is 8.14. The molecule has 24 heavy (non-hydrogen) atoms. The van der Waals surface area contributed by atoms with Crippen molar-refractivity contribution in [2.24, 2.45) is 5.73 Å². The number of hydrogen-bond acceptors (Lipinski definition) is 1. The normalized spacial score (nSPS) is 20.7. The maximum Gasteiger partial charge on any atom is 0.185 e. The molecule has 2 rings (SSSR count). The van der Waals surface area contributed by atoms with Gasteiger partial charge in [-0.1, -0.05) is 63.3 Å². The van der Waals surface area contributed by atoms with E-state index in [9.17, 15) is 0 Å². The fourth-order valence-electron chi connectivity index (χ4n) is 3.86. The number of aryl methyl sites for hydroxylation is 1. The van der Waals surface area contributed by atoms with E-state index in [0.717, 1.165) is 12.8 Å². The Morgan fingerprint density at radius 3 is 2.25 bits per heavy atom. The summed E-state index contributed by atoms with van der Waals surface area (Å²) in [5.74, 6) is 0.788. The van der Waals surface area contributed by atoms with Crippen molar-refractivity contribution in [1.29, 1.82) is 5.41 Å². The standard InChI is InChI=1S/C21H35N3/c1-2-3-4-5-6-7-8-17-9-11-18(12-10-17)19-13-15-20(16-14-19)24-21(22)23/h9-12,19-20H,2-8,13-16H2,1H3,(H4,22,23,24)/t19-,20+. The molecule has 1 saturated carbocycles. The zero-order valence-electron chi connectivity index (χ0n) is 15.3. The first kappa shape index (κ1) is 18.8. The highest BCUT2D eigenvalue weighted by molar-refractivity contribution is 5.74. The van der Waals surface area contributed by atoms with Gasteiger partial charge in [0.05, 0.1) is 0 Å². The van der Waals surface area contributed by atoms with Crippen molar-refractivity contribution in [3.05, 3.63) is 35.4 Å². The fourth-order valence-corrected chi connectivity index (χ4v) is 3.86. The summed E-state index contributed by atoms with van der Waals surface area (Å²) in [6, 6.07) is 9.75. The molecule has 0 aliphatic heterocycles. The summed E-state index contributed by atoms with van der Waals surface area (Å²) in [4.78, 5) is 0. The van der Waals surface area contributed by atoms with Gasteiger partial charge in [-0.2, -0.15) is 0 Å². The third-order valence-corrected chi connectivity index (χ3v) is 5.36. The van der Waals surface area contributed by atoms with Crippen molar-refractivity contribution >= 4 is 5.96 Å². The molecule has 0 radical (unpaired) electrons. The Labute approximate surface area is 147 Å². The topological polar surface area (TPSA) is 61.9 Å². The highest BCUT2D eigenvalue weighted by Gasteiger charge is 2.22. The zero-order chi connectivity index (χ0) is 17.2. The second kappa shape index (κ2) is 10.4. The first-order valence-corrected chi connectivity index (χ1v) is 9.88. The van der Waals surface area contributed by atoms with Crippen LogP contribution >= 0.6 is 0 Å². The lowest BCUT2D eigenvalue weighted by atomic mass is 9.81. The van der Waals surface area contributed by atoms with Crippen molar-refractivity contribution < 1.29 is 0 Å². The molecule has 0 spiro atoms. The summed E-state index contributed by atoms with van der Waals surface area (Å²) in [5, 5.41) is 10.4. The van der Waals surface area contributed by atoms with Gasteiger partial charge in [-0.25, -0.2) is 0 Å². The van der Waals surface area contributed by atoms with E-state index in [1.54, 1.807) is 0 Å². The molecule has 3 nitrogen and oxygen atoms in total. The van der Waals surface area contributed by atoms with Gasteiger partial charge in [0.1, 0.15) is 0 Å². The van der Waals surface area contributed by atoms with Gasteiger partial charge >= 0.3 is 0 Å². The van der Waals surface area contributed by atoms with E-state index in [-0.39, 0.29) is 5.96 Å². The average molecular weight is 330 g/mol. The van der Waals surface area contributed by atoms with Crippen LogP contribution in [-0.4, -0.2) is 12.0 Å². The molecule has 0 atom stereocenters. The average Bonchev–Trinajstić information content (AvgIpc) is 2.59. The Bertz CT molecular complexity index is 472. The minimum absolute atomic E-state index is 0.109. The molecule has 3 heteroatoms. The van der Waals surface area contributed by atoms with Crippen molar-refractivity contribution in [3.8, 4) is 0 Å². The van der Waals surface area contributed by atoms with Gasteiger partial charge in [0.15, 0.2) is 5.96 Å². The first-order valence-electron chi connectivity index (χ1n) is 9.88. The molecule has 1 aliphatic rings. The monoisotopic (exact) mass is 329 g/mol. The molecule has 1 aromatic rings.